The van der Waals surface area contributed by atoms with Crippen molar-refractivity contribution in [1.82, 2.24) is 0 Å². The molecule has 0 amide bonds. The Labute approximate surface area is 105 Å². The van der Waals surface area contributed by atoms with E-state index in [2.05, 4.69) is 5.32 Å². The van der Waals surface area contributed by atoms with Gasteiger partial charge in [-0.15, -0.1) is 0 Å². The van der Waals surface area contributed by atoms with E-state index in [1.807, 2.05) is 48.5 Å². The van der Waals surface area contributed by atoms with Gasteiger partial charge in [0.2, 0.25) is 0 Å². The summed E-state index contributed by atoms with van der Waals surface area (Å²) >= 11 is 6.19. The lowest BCUT2D eigenvalue weighted by Gasteiger charge is -2.28. The molecule has 0 saturated heterocycles. The van der Waals surface area contributed by atoms with Gasteiger partial charge in [-0.25, -0.2) is 0 Å². The molecule has 17 heavy (non-hydrogen) atoms. The molecule has 0 radical (unpaired) electrons. The summed E-state index contributed by atoms with van der Waals surface area (Å²) in [6.07, 6.45) is 0. The fourth-order valence-electron chi connectivity index (χ4n) is 2.04. The molecule has 2 nitrogen and oxygen atoms in total. The van der Waals surface area contributed by atoms with Crippen molar-refractivity contribution in [2.24, 2.45) is 0 Å². The van der Waals surface area contributed by atoms with E-state index >= 15 is 0 Å². The topological polar surface area (TPSA) is 21.3 Å². The quantitative estimate of drug-likeness (QED) is 0.823. The highest BCUT2D eigenvalue weighted by molar-refractivity contribution is 6.31. The molecule has 1 atom stereocenters. The van der Waals surface area contributed by atoms with Crippen LogP contribution in [-0.4, -0.2) is 6.61 Å². The highest BCUT2D eigenvalue weighted by Crippen LogP contribution is 2.35. The summed E-state index contributed by atoms with van der Waals surface area (Å²) in [6.45, 7) is 0.598. The zero-order valence-electron chi connectivity index (χ0n) is 9.19. The van der Waals surface area contributed by atoms with Crippen LogP contribution in [0.5, 0.6) is 5.75 Å². The number of para-hydroxylation sites is 2. The van der Waals surface area contributed by atoms with Gasteiger partial charge in [-0.05, 0) is 23.8 Å². The number of benzene rings is 2. The summed E-state index contributed by atoms with van der Waals surface area (Å²) in [6, 6.07) is 15.9. The van der Waals surface area contributed by atoms with Gasteiger partial charge >= 0.3 is 0 Å². The van der Waals surface area contributed by atoms with Crippen LogP contribution < -0.4 is 10.1 Å². The van der Waals surface area contributed by atoms with Gasteiger partial charge in [-0.1, -0.05) is 41.9 Å². The Morgan fingerprint density at radius 3 is 2.71 bits per heavy atom. The Balaban J connectivity index is 1.92. The second kappa shape index (κ2) is 4.30. The number of ether oxygens (including phenoxy) is 1. The average molecular weight is 246 g/mol. The van der Waals surface area contributed by atoms with Gasteiger partial charge < -0.3 is 10.1 Å². The Kier molecular flexibility index (Phi) is 2.65. The Morgan fingerprint density at radius 2 is 1.82 bits per heavy atom. The fourth-order valence-corrected chi connectivity index (χ4v) is 2.31. The second-order valence-electron chi connectivity index (χ2n) is 4.03. The van der Waals surface area contributed by atoms with Crippen LogP contribution in [0.15, 0.2) is 48.5 Å². The normalized spacial score (nSPS) is 17.8. The van der Waals surface area contributed by atoms with E-state index in [1.165, 1.54) is 0 Å². The van der Waals surface area contributed by atoms with Gasteiger partial charge in [0.15, 0.2) is 0 Å². The van der Waals surface area contributed by atoms with Gasteiger partial charge in [-0.2, -0.15) is 0 Å². The number of fused-ring (bicyclic) bond motifs is 1. The van der Waals surface area contributed by atoms with Crippen LogP contribution in [0.2, 0.25) is 5.02 Å². The molecule has 0 aliphatic carbocycles. The maximum atomic E-state index is 6.19. The maximum absolute atomic E-state index is 6.19. The number of hydrogen-bond donors (Lipinski definition) is 1. The first-order chi connectivity index (χ1) is 8.34. The van der Waals surface area contributed by atoms with Crippen molar-refractivity contribution in [2.45, 2.75) is 6.04 Å². The van der Waals surface area contributed by atoms with E-state index in [0.717, 1.165) is 22.0 Å². The molecule has 1 aliphatic rings. The van der Waals surface area contributed by atoms with Crippen LogP contribution in [0.4, 0.5) is 5.69 Å². The van der Waals surface area contributed by atoms with Gasteiger partial charge in [0.25, 0.3) is 0 Å². The molecular weight excluding hydrogens is 234 g/mol. The summed E-state index contributed by atoms with van der Waals surface area (Å²) < 4.78 is 5.72. The van der Waals surface area contributed by atoms with Crippen LogP contribution in [0.3, 0.4) is 0 Å². The molecule has 0 spiro atoms. The van der Waals surface area contributed by atoms with Crippen molar-refractivity contribution in [1.29, 1.82) is 0 Å². The van der Waals surface area contributed by atoms with Crippen LogP contribution in [0, 0.1) is 0 Å². The van der Waals surface area contributed by atoms with E-state index in [0.29, 0.717) is 6.61 Å². The van der Waals surface area contributed by atoms with Crippen molar-refractivity contribution in [3.8, 4) is 5.75 Å². The lowest BCUT2D eigenvalue weighted by atomic mass is 10.1. The fraction of sp³-hybridized carbons (Fsp3) is 0.143. The lowest BCUT2D eigenvalue weighted by molar-refractivity contribution is 0.286. The molecule has 1 heterocycles. The minimum Gasteiger partial charge on any atom is -0.489 e. The first kappa shape index (κ1) is 10.5. The SMILES string of the molecule is Clc1ccccc1C1COc2ccccc2N1. The first-order valence-corrected chi connectivity index (χ1v) is 5.95. The molecule has 86 valence electrons. The largest absolute Gasteiger partial charge is 0.489 e. The predicted molar refractivity (Wildman–Crippen MR) is 69.8 cm³/mol. The number of hydrogen-bond acceptors (Lipinski definition) is 2. The molecule has 0 aromatic heterocycles. The summed E-state index contributed by atoms with van der Waals surface area (Å²) in [7, 11) is 0. The molecular formula is C14H12ClNO. The predicted octanol–water partition coefficient (Wildman–Crippen LogP) is 3.89. The smallest absolute Gasteiger partial charge is 0.142 e. The standard InChI is InChI=1S/C14H12ClNO/c15-11-6-2-1-5-10(11)13-9-17-14-8-4-3-7-12(14)16-13/h1-8,13,16H,9H2. The van der Waals surface area contributed by atoms with Gasteiger partial charge in [-0.3, -0.25) is 0 Å². The summed E-state index contributed by atoms with van der Waals surface area (Å²) in [5.74, 6) is 0.899. The lowest BCUT2D eigenvalue weighted by Crippen LogP contribution is -2.24. The van der Waals surface area contributed by atoms with E-state index in [-0.39, 0.29) is 6.04 Å². The van der Waals surface area contributed by atoms with Crippen LogP contribution in [0.25, 0.3) is 0 Å². The van der Waals surface area contributed by atoms with Crippen molar-refractivity contribution < 1.29 is 4.74 Å². The van der Waals surface area contributed by atoms with Crippen molar-refractivity contribution in [3.05, 3.63) is 59.1 Å². The number of halogens is 1. The first-order valence-electron chi connectivity index (χ1n) is 5.57. The Morgan fingerprint density at radius 1 is 1.06 bits per heavy atom. The van der Waals surface area contributed by atoms with Gasteiger partial charge in [0.1, 0.15) is 12.4 Å². The average Bonchev–Trinajstić information content (AvgIpc) is 2.39. The molecule has 0 bridgehead atoms. The minimum atomic E-state index is 0.110. The summed E-state index contributed by atoms with van der Waals surface area (Å²) in [4.78, 5) is 0. The molecule has 1 N–H and O–H groups in total. The third kappa shape index (κ3) is 1.96. The minimum absolute atomic E-state index is 0.110. The summed E-state index contributed by atoms with van der Waals surface area (Å²) in [5, 5.41) is 4.22. The van der Waals surface area contributed by atoms with E-state index < -0.39 is 0 Å². The van der Waals surface area contributed by atoms with Gasteiger partial charge in [0, 0.05) is 5.02 Å². The van der Waals surface area contributed by atoms with Crippen molar-refractivity contribution in [2.75, 3.05) is 11.9 Å². The number of anilines is 1. The third-order valence-electron chi connectivity index (χ3n) is 2.90. The van der Waals surface area contributed by atoms with E-state index in [1.54, 1.807) is 0 Å². The highest BCUT2D eigenvalue weighted by Gasteiger charge is 2.21. The van der Waals surface area contributed by atoms with Crippen LogP contribution in [-0.2, 0) is 0 Å². The maximum Gasteiger partial charge on any atom is 0.142 e. The van der Waals surface area contributed by atoms with E-state index in [9.17, 15) is 0 Å². The highest BCUT2D eigenvalue weighted by atomic mass is 35.5. The number of rotatable bonds is 1. The molecule has 0 saturated carbocycles. The monoisotopic (exact) mass is 245 g/mol. The summed E-state index contributed by atoms with van der Waals surface area (Å²) in [5.41, 5.74) is 2.09. The Hall–Kier alpha value is -1.67. The molecule has 2 aromatic carbocycles. The molecule has 2 aromatic rings. The van der Waals surface area contributed by atoms with Crippen LogP contribution in [0.1, 0.15) is 11.6 Å². The van der Waals surface area contributed by atoms with E-state index in [4.69, 9.17) is 16.3 Å². The second-order valence-corrected chi connectivity index (χ2v) is 4.43. The molecule has 0 fully saturated rings. The molecule has 3 rings (SSSR count). The van der Waals surface area contributed by atoms with Crippen LogP contribution >= 0.6 is 11.6 Å². The zero-order chi connectivity index (χ0) is 11.7. The van der Waals surface area contributed by atoms with Crippen molar-refractivity contribution in [3.63, 3.8) is 0 Å². The molecule has 1 aliphatic heterocycles. The van der Waals surface area contributed by atoms with Crippen molar-refractivity contribution >= 4 is 17.3 Å². The molecule has 3 heteroatoms. The Bertz CT molecular complexity index is 541. The third-order valence-corrected chi connectivity index (χ3v) is 3.25. The number of nitrogens with one attached hydrogen (secondary N) is 1. The zero-order valence-corrected chi connectivity index (χ0v) is 9.95. The molecule has 1 unspecified atom stereocenters. The van der Waals surface area contributed by atoms with Gasteiger partial charge in [0.05, 0.1) is 11.7 Å².